The molecule has 2 nitrogen and oxygen atoms in total. The van der Waals surface area contributed by atoms with Gasteiger partial charge in [-0.1, -0.05) is 13.8 Å². The summed E-state index contributed by atoms with van der Waals surface area (Å²) < 4.78 is 0. The van der Waals surface area contributed by atoms with E-state index in [9.17, 15) is 0 Å². The fourth-order valence-corrected chi connectivity index (χ4v) is 1.99. The van der Waals surface area contributed by atoms with Crippen LogP contribution in [0.5, 0.6) is 0 Å². The van der Waals surface area contributed by atoms with Crippen molar-refractivity contribution in [3.05, 3.63) is 0 Å². The first-order chi connectivity index (χ1) is 5.76. The molecule has 0 aromatic carbocycles. The van der Waals surface area contributed by atoms with Crippen LogP contribution >= 0.6 is 0 Å². The van der Waals surface area contributed by atoms with Gasteiger partial charge in [-0.2, -0.15) is 0 Å². The van der Waals surface area contributed by atoms with Gasteiger partial charge in [0.2, 0.25) is 0 Å². The number of hydrogen-bond donors (Lipinski definition) is 2. The molecule has 0 bridgehead atoms. The van der Waals surface area contributed by atoms with E-state index >= 15 is 0 Å². The maximum atomic E-state index is 8.99. The molecule has 3 atom stereocenters. The van der Waals surface area contributed by atoms with Crippen molar-refractivity contribution in [2.75, 3.05) is 6.61 Å². The van der Waals surface area contributed by atoms with Gasteiger partial charge in [0.15, 0.2) is 0 Å². The second-order valence-electron chi connectivity index (χ2n) is 4.07. The van der Waals surface area contributed by atoms with Crippen molar-refractivity contribution in [1.29, 1.82) is 0 Å². The van der Waals surface area contributed by atoms with Gasteiger partial charge in [-0.05, 0) is 31.6 Å². The van der Waals surface area contributed by atoms with Crippen LogP contribution in [0.2, 0.25) is 0 Å². The van der Waals surface area contributed by atoms with Gasteiger partial charge in [-0.25, -0.2) is 0 Å². The minimum absolute atomic E-state index is 0.279. The zero-order valence-electron chi connectivity index (χ0n) is 8.21. The molecule has 1 rings (SSSR count). The van der Waals surface area contributed by atoms with Gasteiger partial charge in [0, 0.05) is 12.1 Å². The van der Waals surface area contributed by atoms with Gasteiger partial charge >= 0.3 is 0 Å². The molecule has 0 aromatic rings. The highest BCUT2D eigenvalue weighted by Gasteiger charge is 2.22. The zero-order chi connectivity index (χ0) is 8.97. The van der Waals surface area contributed by atoms with Gasteiger partial charge in [0.1, 0.15) is 0 Å². The van der Waals surface area contributed by atoms with Crippen molar-refractivity contribution in [2.24, 2.45) is 5.92 Å². The Balaban J connectivity index is 2.21. The summed E-state index contributed by atoms with van der Waals surface area (Å²) in [4.78, 5) is 0. The van der Waals surface area contributed by atoms with Crippen LogP contribution in [0.4, 0.5) is 0 Å². The topological polar surface area (TPSA) is 32.3 Å². The summed E-state index contributed by atoms with van der Waals surface area (Å²) in [6.07, 6.45) is 4.95. The lowest BCUT2D eigenvalue weighted by atomic mass is 10.1. The van der Waals surface area contributed by atoms with Crippen LogP contribution in [-0.2, 0) is 0 Å². The lowest BCUT2D eigenvalue weighted by Gasteiger charge is -2.19. The first-order valence-corrected chi connectivity index (χ1v) is 5.13. The average molecular weight is 171 g/mol. The van der Waals surface area contributed by atoms with Crippen molar-refractivity contribution < 1.29 is 5.11 Å². The highest BCUT2D eigenvalue weighted by Crippen LogP contribution is 2.24. The third-order valence-electron chi connectivity index (χ3n) is 2.88. The molecule has 12 heavy (non-hydrogen) atoms. The highest BCUT2D eigenvalue weighted by molar-refractivity contribution is 4.81. The number of aliphatic hydroxyl groups is 1. The molecule has 1 aliphatic rings. The van der Waals surface area contributed by atoms with E-state index < -0.39 is 0 Å². The van der Waals surface area contributed by atoms with Crippen LogP contribution in [0.1, 0.15) is 39.5 Å². The van der Waals surface area contributed by atoms with Gasteiger partial charge in [0.25, 0.3) is 0 Å². The molecule has 1 fully saturated rings. The van der Waals surface area contributed by atoms with E-state index in [2.05, 4.69) is 19.2 Å². The van der Waals surface area contributed by atoms with E-state index in [0.717, 1.165) is 12.3 Å². The Bertz CT molecular complexity index is 123. The monoisotopic (exact) mass is 171 g/mol. The summed E-state index contributed by atoms with van der Waals surface area (Å²) in [6.45, 7) is 4.70. The van der Waals surface area contributed by atoms with E-state index in [1.54, 1.807) is 0 Å². The van der Waals surface area contributed by atoms with Crippen LogP contribution in [0.3, 0.4) is 0 Å². The molecule has 1 saturated carbocycles. The van der Waals surface area contributed by atoms with Crippen molar-refractivity contribution in [1.82, 2.24) is 5.32 Å². The summed E-state index contributed by atoms with van der Waals surface area (Å²) >= 11 is 0. The lowest BCUT2D eigenvalue weighted by molar-refractivity contribution is 0.227. The quantitative estimate of drug-likeness (QED) is 0.672. The molecule has 2 heteroatoms. The minimum Gasteiger partial charge on any atom is -0.395 e. The third-order valence-corrected chi connectivity index (χ3v) is 2.88. The molecule has 0 aromatic heterocycles. The van der Waals surface area contributed by atoms with Crippen LogP contribution in [0.25, 0.3) is 0 Å². The van der Waals surface area contributed by atoms with Gasteiger partial charge < -0.3 is 10.4 Å². The molecule has 3 unspecified atom stereocenters. The summed E-state index contributed by atoms with van der Waals surface area (Å²) in [5.74, 6) is 0.874. The Morgan fingerprint density at radius 2 is 2.25 bits per heavy atom. The Hall–Kier alpha value is -0.0800. The normalized spacial score (nSPS) is 32.2. The summed E-state index contributed by atoms with van der Waals surface area (Å²) in [6, 6.07) is 0.984. The molecule has 2 N–H and O–H groups in total. The van der Waals surface area contributed by atoms with E-state index in [1.807, 2.05) is 0 Å². The fraction of sp³-hybridized carbons (Fsp3) is 1.00. The van der Waals surface area contributed by atoms with E-state index in [0.29, 0.717) is 12.1 Å². The SMILES string of the molecule is CCC(CO)NC1CCC(C)C1. The Morgan fingerprint density at radius 3 is 2.67 bits per heavy atom. The van der Waals surface area contributed by atoms with Gasteiger partial charge in [-0.15, -0.1) is 0 Å². The van der Waals surface area contributed by atoms with Gasteiger partial charge in [-0.3, -0.25) is 0 Å². The highest BCUT2D eigenvalue weighted by atomic mass is 16.3. The minimum atomic E-state index is 0.279. The predicted octanol–water partition coefficient (Wildman–Crippen LogP) is 1.54. The Morgan fingerprint density at radius 1 is 1.50 bits per heavy atom. The first-order valence-electron chi connectivity index (χ1n) is 5.13. The number of hydrogen-bond acceptors (Lipinski definition) is 2. The van der Waals surface area contributed by atoms with Crippen LogP contribution < -0.4 is 5.32 Å². The third kappa shape index (κ3) is 2.76. The van der Waals surface area contributed by atoms with E-state index in [4.69, 9.17) is 5.11 Å². The molecule has 72 valence electrons. The smallest absolute Gasteiger partial charge is 0.0584 e. The largest absolute Gasteiger partial charge is 0.395 e. The molecular weight excluding hydrogens is 150 g/mol. The van der Waals surface area contributed by atoms with Crippen LogP contribution in [-0.4, -0.2) is 23.8 Å². The summed E-state index contributed by atoms with van der Waals surface area (Å²) in [7, 11) is 0. The molecule has 0 radical (unpaired) electrons. The van der Waals surface area contributed by atoms with Crippen molar-refractivity contribution in [2.45, 2.75) is 51.6 Å². The van der Waals surface area contributed by atoms with Crippen molar-refractivity contribution in [3.63, 3.8) is 0 Å². The molecular formula is C10H21NO. The Labute approximate surface area is 75.4 Å². The number of aliphatic hydroxyl groups excluding tert-OH is 1. The molecule has 0 spiro atoms. The van der Waals surface area contributed by atoms with Crippen molar-refractivity contribution >= 4 is 0 Å². The molecule has 0 heterocycles. The average Bonchev–Trinajstić information content (AvgIpc) is 2.47. The van der Waals surface area contributed by atoms with E-state index in [1.165, 1.54) is 19.3 Å². The zero-order valence-corrected chi connectivity index (χ0v) is 8.21. The predicted molar refractivity (Wildman–Crippen MR) is 51.1 cm³/mol. The van der Waals surface area contributed by atoms with E-state index in [-0.39, 0.29) is 6.61 Å². The second-order valence-corrected chi connectivity index (χ2v) is 4.07. The van der Waals surface area contributed by atoms with Crippen LogP contribution in [0.15, 0.2) is 0 Å². The fourth-order valence-electron chi connectivity index (χ4n) is 1.99. The Kier molecular flexibility index (Phi) is 4.02. The molecule has 0 aliphatic heterocycles. The maximum Gasteiger partial charge on any atom is 0.0584 e. The molecule has 0 amide bonds. The van der Waals surface area contributed by atoms with Crippen LogP contribution in [0, 0.1) is 5.92 Å². The first kappa shape index (κ1) is 10.0. The van der Waals surface area contributed by atoms with Crippen molar-refractivity contribution in [3.8, 4) is 0 Å². The summed E-state index contributed by atoms with van der Waals surface area (Å²) in [5, 5.41) is 12.5. The second kappa shape index (κ2) is 4.83. The maximum absolute atomic E-state index is 8.99. The standard InChI is InChI=1S/C10H21NO/c1-3-9(7-12)11-10-5-4-8(2)6-10/h8-12H,3-7H2,1-2H3. The lowest BCUT2D eigenvalue weighted by Crippen LogP contribution is -2.38. The number of rotatable bonds is 4. The number of nitrogens with one attached hydrogen (secondary N) is 1. The summed E-state index contributed by atoms with van der Waals surface area (Å²) in [5.41, 5.74) is 0. The van der Waals surface area contributed by atoms with Gasteiger partial charge in [0.05, 0.1) is 6.61 Å². The molecule has 0 saturated heterocycles. The molecule has 1 aliphatic carbocycles.